The van der Waals surface area contributed by atoms with E-state index in [1.54, 1.807) is 6.92 Å². The van der Waals surface area contributed by atoms with Crippen LogP contribution in [0.4, 0.5) is 0 Å². The van der Waals surface area contributed by atoms with Crippen LogP contribution in [-0.4, -0.2) is 23.5 Å². The third kappa shape index (κ3) is 3.74. The molecule has 0 aromatic carbocycles. The van der Waals surface area contributed by atoms with Gasteiger partial charge in [0.2, 0.25) is 0 Å². The number of carbonyl (C=O) groups is 1. The number of aromatic nitrogens is 1. The molecule has 3 nitrogen and oxygen atoms in total. The normalized spacial score (nSPS) is 12.4. The van der Waals surface area contributed by atoms with Crippen molar-refractivity contribution in [2.75, 3.05) is 6.61 Å². The SMILES string of the molecule is CCOC(C)C(=O)Cc1ccc(CC)cn1. The van der Waals surface area contributed by atoms with Gasteiger partial charge in [-0.1, -0.05) is 13.0 Å². The molecule has 0 saturated heterocycles. The van der Waals surface area contributed by atoms with E-state index in [1.807, 2.05) is 25.3 Å². The first kappa shape index (κ1) is 12.8. The molecule has 0 saturated carbocycles. The van der Waals surface area contributed by atoms with Crippen LogP contribution in [0, 0.1) is 0 Å². The van der Waals surface area contributed by atoms with Crippen LogP contribution in [0.2, 0.25) is 0 Å². The topological polar surface area (TPSA) is 39.2 Å². The van der Waals surface area contributed by atoms with Gasteiger partial charge in [0.25, 0.3) is 0 Å². The molecule has 0 aliphatic carbocycles. The molecule has 3 heteroatoms. The first-order valence-electron chi connectivity index (χ1n) is 5.75. The second-order valence-electron chi connectivity index (χ2n) is 3.75. The van der Waals surface area contributed by atoms with Gasteiger partial charge in [-0.05, 0) is 31.9 Å². The maximum atomic E-state index is 11.7. The Bertz CT molecular complexity index is 332. The van der Waals surface area contributed by atoms with Crippen LogP contribution in [0.1, 0.15) is 32.0 Å². The number of ketones is 1. The monoisotopic (exact) mass is 221 g/mol. The van der Waals surface area contributed by atoms with E-state index in [4.69, 9.17) is 4.74 Å². The average molecular weight is 221 g/mol. The van der Waals surface area contributed by atoms with Crippen LogP contribution < -0.4 is 0 Å². The van der Waals surface area contributed by atoms with Gasteiger partial charge in [-0.3, -0.25) is 9.78 Å². The zero-order chi connectivity index (χ0) is 12.0. The minimum absolute atomic E-state index is 0.0820. The number of nitrogens with zero attached hydrogens (tertiary/aromatic N) is 1. The summed E-state index contributed by atoms with van der Waals surface area (Å²) >= 11 is 0. The highest BCUT2D eigenvalue weighted by Crippen LogP contribution is 2.04. The third-order valence-electron chi connectivity index (χ3n) is 2.52. The van der Waals surface area contributed by atoms with Gasteiger partial charge in [-0.25, -0.2) is 0 Å². The summed E-state index contributed by atoms with van der Waals surface area (Å²) in [6.07, 6.45) is 2.81. The van der Waals surface area contributed by atoms with Crippen molar-refractivity contribution in [2.24, 2.45) is 0 Å². The second kappa shape index (κ2) is 6.38. The fraction of sp³-hybridized carbons (Fsp3) is 0.538. The molecule has 1 atom stereocenters. The standard InChI is InChI=1S/C13H19NO2/c1-4-11-6-7-12(14-9-11)8-13(15)10(3)16-5-2/h6-7,9-10H,4-5,8H2,1-3H3. The zero-order valence-corrected chi connectivity index (χ0v) is 10.2. The lowest BCUT2D eigenvalue weighted by Crippen LogP contribution is -2.22. The molecule has 0 aliphatic rings. The Hall–Kier alpha value is -1.22. The Morgan fingerprint density at radius 1 is 1.44 bits per heavy atom. The number of rotatable bonds is 6. The molecule has 0 N–H and O–H groups in total. The highest BCUT2D eigenvalue weighted by molar-refractivity contribution is 5.84. The molecular formula is C13H19NO2. The Morgan fingerprint density at radius 3 is 2.69 bits per heavy atom. The molecule has 16 heavy (non-hydrogen) atoms. The minimum atomic E-state index is -0.336. The predicted molar refractivity (Wildman–Crippen MR) is 63.4 cm³/mol. The van der Waals surface area contributed by atoms with Crippen molar-refractivity contribution in [1.82, 2.24) is 4.98 Å². The molecular weight excluding hydrogens is 202 g/mol. The number of Topliss-reactive ketones (excluding diaryl/α,β-unsaturated/α-hetero) is 1. The summed E-state index contributed by atoms with van der Waals surface area (Å²) in [5.74, 6) is 0.0820. The first-order valence-corrected chi connectivity index (χ1v) is 5.75. The van der Waals surface area contributed by atoms with Crippen LogP contribution in [0.3, 0.4) is 0 Å². The Labute approximate surface area is 96.8 Å². The van der Waals surface area contributed by atoms with Crippen LogP contribution in [0.15, 0.2) is 18.3 Å². The molecule has 0 spiro atoms. The van der Waals surface area contributed by atoms with Crippen molar-refractivity contribution < 1.29 is 9.53 Å². The molecule has 0 aliphatic heterocycles. The molecule has 1 aromatic heterocycles. The summed E-state index contributed by atoms with van der Waals surface area (Å²) in [7, 11) is 0. The summed E-state index contributed by atoms with van der Waals surface area (Å²) < 4.78 is 5.24. The average Bonchev–Trinajstić information content (AvgIpc) is 2.30. The van der Waals surface area contributed by atoms with Gasteiger partial charge in [0, 0.05) is 18.5 Å². The largest absolute Gasteiger partial charge is 0.371 e. The van der Waals surface area contributed by atoms with Crippen molar-refractivity contribution >= 4 is 5.78 Å². The lowest BCUT2D eigenvalue weighted by Gasteiger charge is -2.09. The fourth-order valence-corrected chi connectivity index (χ4v) is 1.43. The Kier molecular flexibility index (Phi) is 5.12. The van der Waals surface area contributed by atoms with E-state index < -0.39 is 0 Å². The minimum Gasteiger partial charge on any atom is -0.371 e. The van der Waals surface area contributed by atoms with Gasteiger partial charge in [0.05, 0.1) is 6.42 Å². The zero-order valence-electron chi connectivity index (χ0n) is 10.2. The van der Waals surface area contributed by atoms with Gasteiger partial charge in [-0.2, -0.15) is 0 Å². The lowest BCUT2D eigenvalue weighted by molar-refractivity contribution is -0.128. The summed E-state index contributed by atoms with van der Waals surface area (Å²) in [6.45, 7) is 6.32. The third-order valence-corrected chi connectivity index (χ3v) is 2.52. The van der Waals surface area contributed by atoms with Gasteiger partial charge in [-0.15, -0.1) is 0 Å². The maximum absolute atomic E-state index is 11.7. The van der Waals surface area contributed by atoms with Crippen molar-refractivity contribution in [1.29, 1.82) is 0 Å². The summed E-state index contributed by atoms with van der Waals surface area (Å²) in [4.78, 5) is 15.9. The fourth-order valence-electron chi connectivity index (χ4n) is 1.43. The van der Waals surface area contributed by atoms with Gasteiger partial charge < -0.3 is 4.74 Å². The number of ether oxygens (including phenoxy) is 1. The number of aryl methyl sites for hydroxylation is 1. The summed E-state index contributed by atoms with van der Waals surface area (Å²) in [6, 6.07) is 3.93. The smallest absolute Gasteiger partial charge is 0.167 e. The van der Waals surface area contributed by atoms with E-state index in [9.17, 15) is 4.79 Å². The van der Waals surface area contributed by atoms with E-state index in [1.165, 1.54) is 5.56 Å². The van der Waals surface area contributed by atoms with Crippen molar-refractivity contribution in [2.45, 2.75) is 39.7 Å². The van der Waals surface area contributed by atoms with Crippen LogP contribution in [0.5, 0.6) is 0 Å². The number of carbonyl (C=O) groups excluding carboxylic acids is 1. The van der Waals surface area contributed by atoms with E-state index >= 15 is 0 Å². The van der Waals surface area contributed by atoms with E-state index in [0.717, 1.165) is 12.1 Å². The molecule has 0 amide bonds. The second-order valence-corrected chi connectivity index (χ2v) is 3.75. The molecule has 88 valence electrons. The van der Waals surface area contributed by atoms with Crippen LogP contribution in [-0.2, 0) is 22.4 Å². The maximum Gasteiger partial charge on any atom is 0.167 e. The molecule has 0 fully saturated rings. The number of hydrogen-bond acceptors (Lipinski definition) is 3. The first-order chi connectivity index (χ1) is 7.67. The quantitative estimate of drug-likeness (QED) is 0.739. The van der Waals surface area contributed by atoms with Crippen molar-refractivity contribution in [3.05, 3.63) is 29.6 Å². The van der Waals surface area contributed by atoms with Crippen molar-refractivity contribution in [3.8, 4) is 0 Å². The molecule has 1 heterocycles. The van der Waals surface area contributed by atoms with E-state index in [2.05, 4.69) is 11.9 Å². The molecule has 1 rings (SSSR count). The van der Waals surface area contributed by atoms with E-state index in [-0.39, 0.29) is 11.9 Å². The Morgan fingerprint density at radius 2 is 2.19 bits per heavy atom. The summed E-state index contributed by atoms with van der Waals surface area (Å²) in [5, 5.41) is 0. The molecule has 0 bridgehead atoms. The highest BCUT2D eigenvalue weighted by atomic mass is 16.5. The van der Waals surface area contributed by atoms with Crippen LogP contribution >= 0.6 is 0 Å². The van der Waals surface area contributed by atoms with Gasteiger partial charge in [0.15, 0.2) is 5.78 Å². The van der Waals surface area contributed by atoms with E-state index in [0.29, 0.717) is 13.0 Å². The number of hydrogen-bond donors (Lipinski definition) is 0. The number of pyridine rings is 1. The summed E-state index contributed by atoms with van der Waals surface area (Å²) in [5.41, 5.74) is 2.00. The predicted octanol–water partition coefficient (Wildman–Crippen LogP) is 2.18. The molecule has 1 unspecified atom stereocenters. The van der Waals surface area contributed by atoms with Gasteiger partial charge in [0.1, 0.15) is 6.10 Å². The highest BCUT2D eigenvalue weighted by Gasteiger charge is 2.13. The van der Waals surface area contributed by atoms with Gasteiger partial charge >= 0.3 is 0 Å². The Balaban J connectivity index is 2.55. The van der Waals surface area contributed by atoms with Crippen LogP contribution in [0.25, 0.3) is 0 Å². The van der Waals surface area contributed by atoms with Crippen molar-refractivity contribution in [3.63, 3.8) is 0 Å². The molecule has 0 radical (unpaired) electrons. The lowest BCUT2D eigenvalue weighted by atomic mass is 10.1. The molecule has 1 aromatic rings.